The van der Waals surface area contributed by atoms with E-state index in [-0.39, 0.29) is 11.6 Å². The average Bonchev–Trinajstić information content (AvgIpc) is 2.57. The summed E-state index contributed by atoms with van der Waals surface area (Å²) in [5.41, 5.74) is 3.71. The van der Waals surface area contributed by atoms with Gasteiger partial charge < -0.3 is 19.9 Å². The third-order valence-electron chi connectivity index (χ3n) is 4.34. The molecule has 6 heteroatoms. The predicted octanol–water partition coefficient (Wildman–Crippen LogP) is 1.73. The van der Waals surface area contributed by atoms with E-state index in [4.69, 9.17) is 4.74 Å². The Kier molecular flexibility index (Phi) is 4.85. The number of hydrogen-bond donors (Lipinski definition) is 2. The molecule has 0 saturated carbocycles. The van der Waals surface area contributed by atoms with Gasteiger partial charge in [0.1, 0.15) is 0 Å². The van der Waals surface area contributed by atoms with Crippen molar-refractivity contribution >= 4 is 16.9 Å². The van der Waals surface area contributed by atoms with E-state index < -0.39 is 0 Å². The van der Waals surface area contributed by atoms with E-state index in [0.717, 1.165) is 16.5 Å². The summed E-state index contributed by atoms with van der Waals surface area (Å²) in [6.07, 6.45) is 0.508. The van der Waals surface area contributed by atoms with Gasteiger partial charge in [0.25, 0.3) is 5.56 Å². The van der Waals surface area contributed by atoms with Crippen LogP contribution in [-0.4, -0.2) is 48.8 Å². The molecule has 1 aromatic carbocycles. The smallest absolute Gasteiger partial charge is 0.317 e. The van der Waals surface area contributed by atoms with Crippen molar-refractivity contribution in [1.29, 1.82) is 0 Å². The van der Waals surface area contributed by atoms with Crippen LogP contribution < -0.4 is 10.9 Å². The zero-order chi connectivity index (χ0) is 17.1. The van der Waals surface area contributed by atoms with Crippen LogP contribution in [0.15, 0.2) is 23.0 Å². The van der Waals surface area contributed by atoms with Gasteiger partial charge in [0, 0.05) is 25.2 Å². The summed E-state index contributed by atoms with van der Waals surface area (Å²) in [6, 6.07) is 5.95. The Bertz CT molecular complexity index is 807. The molecule has 0 atom stereocenters. The second-order valence-electron chi connectivity index (χ2n) is 6.25. The molecule has 1 saturated heterocycles. The minimum Gasteiger partial charge on any atom is -0.378 e. The van der Waals surface area contributed by atoms with Gasteiger partial charge in [-0.05, 0) is 43.4 Å². The van der Waals surface area contributed by atoms with Crippen molar-refractivity contribution in [2.24, 2.45) is 0 Å². The van der Waals surface area contributed by atoms with Crippen LogP contribution in [-0.2, 0) is 11.2 Å². The van der Waals surface area contributed by atoms with Crippen LogP contribution in [0.5, 0.6) is 0 Å². The molecule has 0 radical (unpaired) electrons. The van der Waals surface area contributed by atoms with Crippen molar-refractivity contribution < 1.29 is 9.53 Å². The Morgan fingerprint density at radius 3 is 2.75 bits per heavy atom. The number of aromatic amines is 1. The number of carbonyl (C=O) groups is 1. The van der Waals surface area contributed by atoms with Crippen LogP contribution in [0, 0.1) is 13.8 Å². The van der Waals surface area contributed by atoms with Crippen molar-refractivity contribution in [3.63, 3.8) is 0 Å². The number of morpholine rings is 1. The molecular weight excluding hydrogens is 306 g/mol. The van der Waals surface area contributed by atoms with E-state index in [9.17, 15) is 9.59 Å². The first-order chi connectivity index (χ1) is 11.5. The van der Waals surface area contributed by atoms with Gasteiger partial charge >= 0.3 is 6.03 Å². The summed E-state index contributed by atoms with van der Waals surface area (Å²) >= 11 is 0. The average molecular weight is 329 g/mol. The predicted molar refractivity (Wildman–Crippen MR) is 93.5 cm³/mol. The highest BCUT2D eigenvalue weighted by molar-refractivity contribution is 5.82. The lowest BCUT2D eigenvalue weighted by Crippen LogP contribution is -2.46. The summed E-state index contributed by atoms with van der Waals surface area (Å²) in [4.78, 5) is 29.0. The molecule has 6 nitrogen and oxygen atoms in total. The maximum absolute atomic E-state index is 12.3. The zero-order valence-corrected chi connectivity index (χ0v) is 14.1. The Morgan fingerprint density at radius 2 is 2.00 bits per heavy atom. The van der Waals surface area contributed by atoms with Gasteiger partial charge in [-0.3, -0.25) is 4.79 Å². The number of fused-ring (bicyclic) bond motifs is 1. The quantitative estimate of drug-likeness (QED) is 0.900. The molecule has 0 bridgehead atoms. The number of rotatable bonds is 3. The first kappa shape index (κ1) is 16.5. The third kappa shape index (κ3) is 3.59. The summed E-state index contributed by atoms with van der Waals surface area (Å²) in [7, 11) is 0. The minimum atomic E-state index is -0.0952. The maximum atomic E-state index is 12.3. The largest absolute Gasteiger partial charge is 0.378 e. The number of H-pyrrole nitrogens is 1. The van der Waals surface area contributed by atoms with Crippen LogP contribution >= 0.6 is 0 Å². The first-order valence-electron chi connectivity index (χ1n) is 8.28. The van der Waals surface area contributed by atoms with Crippen molar-refractivity contribution in [2.45, 2.75) is 20.3 Å². The number of nitrogens with zero attached hydrogens (tertiary/aromatic N) is 1. The number of nitrogens with one attached hydrogen (secondary N) is 2. The molecule has 0 aliphatic carbocycles. The van der Waals surface area contributed by atoms with Gasteiger partial charge in [-0.1, -0.05) is 11.6 Å². The van der Waals surface area contributed by atoms with Gasteiger partial charge in [-0.25, -0.2) is 4.79 Å². The summed E-state index contributed by atoms with van der Waals surface area (Å²) in [5, 5.41) is 3.91. The van der Waals surface area contributed by atoms with E-state index in [2.05, 4.69) is 22.4 Å². The number of amides is 2. The molecule has 0 spiro atoms. The highest BCUT2D eigenvalue weighted by Crippen LogP contribution is 2.18. The van der Waals surface area contributed by atoms with E-state index in [1.54, 1.807) is 4.90 Å². The van der Waals surface area contributed by atoms with E-state index in [1.165, 1.54) is 5.56 Å². The minimum absolute atomic E-state index is 0.0879. The van der Waals surface area contributed by atoms with E-state index >= 15 is 0 Å². The zero-order valence-electron chi connectivity index (χ0n) is 14.1. The number of benzene rings is 1. The van der Waals surface area contributed by atoms with Gasteiger partial charge in [-0.15, -0.1) is 0 Å². The van der Waals surface area contributed by atoms with E-state index in [1.807, 2.05) is 19.9 Å². The second-order valence-corrected chi connectivity index (χ2v) is 6.25. The number of pyridine rings is 1. The number of carbonyl (C=O) groups excluding carboxylic acids is 1. The topological polar surface area (TPSA) is 74.4 Å². The molecule has 2 N–H and O–H groups in total. The fraction of sp³-hybridized carbons (Fsp3) is 0.444. The second kappa shape index (κ2) is 7.05. The summed E-state index contributed by atoms with van der Waals surface area (Å²) < 4.78 is 5.23. The highest BCUT2D eigenvalue weighted by Gasteiger charge is 2.16. The third-order valence-corrected chi connectivity index (χ3v) is 4.34. The molecule has 2 aromatic rings. The lowest BCUT2D eigenvalue weighted by atomic mass is 10.0. The van der Waals surface area contributed by atoms with Gasteiger partial charge in [0.05, 0.1) is 18.7 Å². The molecule has 0 unspecified atom stereocenters. The molecule has 3 rings (SSSR count). The summed E-state index contributed by atoms with van der Waals surface area (Å²) in [5.74, 6) is 0. The molecular formula is C18H23N3O3. The number of urea groups is 1. The number of ether oxygens (including phenoxy) is 1. The number of aromatic nitrogens is 1. The molecule has 1 aliphatic rings. The maximum Gasteiger partial charge on any atom is 0.317 e. The van der Waals surface area contributed by atoms with Crippen molar-refractivity contribution in [3.05, 3.63) is 45.2 Å². The molecule has 1 aliphatic heterocycles. The SMILES string of the molecule is Cc1cc(C)c2[nH]c(=O)c(CCNC(=O)N3CCOCC3)cc2c1. The molecule has 128 valence electrons. The standard InChI is InChI=1S/C18H23N3O3/c1-12-9-13(2)16-15(10-12)11-14(17(22)20-16)3-4-19-18(23)21-5-7-24-8-6-21/h9-11H,3-8H2,1-2H3,(H,19,23)(H,20,22). The lowest BCUT2D eigenvalue weighted by Gasteiger charge is -2.26. The molecule has 2 heterocycles. The first-order valence-corrected chi connectivity index (χ1v) is 8.28. The molecule has 2 amide bonds. The van der Waals surface area contributed by atoms with Crippen molar-refractivity contribution in [3.8, 4) is 0 Å². The van der Waals surface area contributed by atoms with Gasteiger partial charge in [-0.2, -0.15) is 0 Å². The molecule has 1 aromatic heterocycles. The Morgan fingerprint density at radius 1 is 1.25 bits per heavy atom. The fourth-order valence-corrected chi connectivity index (χ4v) is 3.10. The van der Waals surface area contributed by atoms with Crippen LogP contribution in [0.2, 0.25) is 0 Å². The lowest BCUT2D eigenvalue weighted by molar-refractivity contribution is 0.0533. The van der Waals surface area contributed by atoms with Crippen LogP contribution in [0.3, 0.4) is 0 Å². The van der Waals surface area contributed by atoms with Crippen LogP contribution in [0.4, 0.5) is 4.79 Å². The van der Waals surface area contributed by atoms with Crippen LogP contribution in [0.1, 0.15) is 16.7 Å². The van der Waals surface area contributed by atoms with Gasteiger partial charge in [0.2, 0.25) is 0 Å². The monoisotopic (exact) mass is 329 g/mol. The van der Waals surface area contributed by atoms with Gasteiger partial charge in [0.15, 0.2) is 0 Å². The Hall–Kier alpha value is -2.34. The highest BCUT2D eigenvalue weighted by atomic mass is 16.5. The van der Waals surface area contributed by atoms with Crippen molar-refractivity contribution in [1.82, 2.24) is 15.2 Å². The number of hydrogen-bond acceptors (Lipinski definition) is 3. The van der Waals surface area contributed by atoms with Crippen molar-refractivity contribution in [2.75, 3.05) is 32.8 Å². The number of aryl methyl sites for hydroxylation is 2. The Labute approximate surface area is 140 Å². The molecule has 1 fully saturated rings. The van der Waals surface area contributed by atoms with Crippen LogP contribution in [0.25, 0.3) is 10.9 Å². The summed E-state index contributed by atoms with van der Waals surface area (Å²) in [6.45, 7) is 6.86. The normalized spacial score (nSPS) is 14.8. The fourth-order valence-electron chi connectivity index (χ4n) is 3.10. The van der Waals surface area contributed by atoms with E-state index in [0.29, 0.717) is 44.8 Å². The molecule has 24 heavy (non-hydrogen) atoms. The Balaban J connectivity index is 1.67.